The number of nitrogens with one attached hydrogen (secondary N) is 1. The Morgan fingerprint density at radius 1 is 0.786 bits per heavy atom. The molecule has 0 amide bonds. The second-order valence-corrected chi connectivity index (χ2v) is 7.77. The molecule has 0 bridgehead atoms. The van der Waals surface area contributed by atoms with Crippen LogP contribution in [0.2, 0.25) is 0 Å². The molecule has 0 spiro atoms. The van der Waals surface area contributed by atoms with Crippen LogP contribution in [0.15, 0.2) is 89.8 Å². The third kappa shape index (κ3) is 5.82. The molecule has 3 aromatic rings. The summed E-state index contributed by atoms with van der Waals surface area (Å²) >= 11 is 0. The van der Waals surface area contributed by atoms with E-state index >= 15 is 0 Å². The SMILES string of the molecule is Cc1ccc(S(=O)(=O)[N-]C(c2ccccc2)C([NH-])c2ccccc2)cc1.[CH3-].[RuH+3]. The fourth-order valence-electron chi connectivity index (χ4n) is 2.73. The summed E-state index contributed by atoms with van der Waals surface area (Å²) in [5.41, 5.74) is 11.0. The Hall–Kier alpha value is -1.85. The summed E-state index contributed by atoms with van der Waals surface area (Å²) in [4.78, 5) is 0.143. The Kier molecular flexibility index (Phi) is 9.18. The average Bonchev–Trinajstić information content (AvgIpc) is 2.67. The molecule has 0 fully saturated rings. The summed E-state index contributed by atoms with van der Waals surface area (Å²) in [6.45, 7) is 1.90. The third-order valence-electron chi connectivity index (χ3n) is 4.19. The van der Waals surface area contributed by atoms with Crippen molar-refractivity contribution in [2.45, 2.75) is 23.9 Å². The van der Waals surface area contributed by atoms with Gasteiger partial charge in [0, 0.05) is 4.90 Å². The van der Waals surface area contributed by atoms with Crippen molar-refractivity contribution in [1.82, 2.24) is 0 Å². The maximum atomic E-state index is 12.8. The monoisotopic (exact) mass is 482 g/mol. The molecule has 3 aromatic carbocycles. The van der Waals surface area contributed by atoms with Crippen molar-refractivity contribution < 1.29 is 27.9 Å². The van der Waals surface area contributed by atoms with Crippen molar-refractivity contribution in [2.75, 3.05) is 0 Å². The average molecular weight is 482 g/mol. The third-order valence-corrected chi connectivity index (χ3v) is 5.56. The number of hydrogen-bond acceptors (Lipinski definition) is 2. The molecule has 28 heavy (non-hydrogen) atoms. The Morgan fingerprint density at radius 2 is 1.25 bits per heavy atom. The Morgan fingerprint density at radius 3 is 1.75 bits per heavy atom. The second kappa shape index (κ2) is 10.6. The van der Waals surface area contributed by atoms with Gasteiger partial charge in [0.05, 0.1) is 0 Å². The van der Waals surface area contributed by atoms with Gasteiger partial charge in [-0.2, -0.15) is 0 Å². The number of benzene rings is 3. The summed E-state index contributed by atoms with van der Waals surface area (Å²) in [7, 11) is -3.87. The quantitative estimate of drug-likeness (QED) is 0.331. The van der Waals surface area contributed by atoms with E-state index in [4.69, 9.17) is 5.73 Å². The molecule has 0 aliphatic rings. The first-order chi connectivity index (χ1) is 12.5. The zero-order chi connectivity index (χ0) is 18.6. The normalized spacial score (nSPS) is 12.9. The molecule has 0 saturated heterocycles. The van der Waals surface area contributed by atoms with Gasteiger partial charge >= 0.3 is 19.5 Å². The summed E-state index contributed by atoms with van der Waals surface area (Å²) < 4.78 is 29.8. The number of sulfonamides is 1. The van der Waals surface area contributed by atoms with E-state index in [-0.39, 0.29) is 31.8 Å². The van der Waals surface area contributed by atoms with E-state index in [2.05, 4.69) is 4.72 Å². The van der Waals surface area contributed by atoms with E-state index < -0.39 is 22.1 Å². The van der Waals surface area contributed by atoms with Crippen molar-refractivity contribution >= 4 is 10.0 Å². The van der Waals surface area contributed by atoms with Crippen molar-refractivity contribution in [3.63, 3.8) is 0 Å². The van der Waals surface area contributed by atoms with Crippen LogP contribution in [0.4, 0.5) is 0 Å². The van der Waals surface area contributed by atoms with E-state index in [0.29, 0.717) is 5.56 Å². The van der Waals surface area contributed by atoms with Crippen LogP contribution < -0.4 is 0 Å². The fraction of sp³-hybridized carbons (Fsp3) is 0.136. The first kappa shape index (κ1) is 24.2. The van der Waals surface area contributed by atoms with E-state index in [1.165, 1.54) is 0 Å². The van der Waals surface area contributed by atoms with Crippen LogP contribution in [-0.4, -0.2) is 8.42 Å². The summed E-state index contributed by atoms with van der Waals surface area (Å²) in [5, 5.41) is 0. The van der Waals surface area contributed by atoms with Crippen LogP contribution in [0.25, 0.3) is 10.5 Å². The van der Waals surface area contributed by atoms with Crippen LogP contribution >= 0.6 is 0 Å². The second-order valence-electron chi connectivity index (χ2n) is 6.14. The molecular weight excluding hydrogens is 457 g/mol. The maximum absolute atomic E-state index is 12.8. The number of hydrogen-bond donors (Lipinski definition) is 0. The van der Waals surface area contributed by atoms with E-state index in [1.54, 1.807) is 24.3 Å². The molecule has 1 radical (unpaired) electrons. The Bertz CT molecular complexity index is 947. The van der Waals surface area contributed by atoms with E-state index in [9.17, 15) is 8.42 Å². The number of rotatable bonds is 6. The minimum atomic E-state index is -3.87. The van der Waals surface area contributed by atoms with Crippen molar-refractivity contribution in [1.29, 1.82) is 0 Å². The predicted octanol–water partition coefficient (Wildman–Crippen LogP) is 5.77. The molecule has 0 aromatic heterocycles. The molecule has 1 N–H and O–H groups in total. The van der Waals surface area contributed by atoms with Crippen LogP contribution in [0, 0.1) is 14.4 Å². The van der Waals surface area contributed by atoms with Crippen LogP contribution in [0.1, 0.15) is 28.8 Å². The Labute approximate surface area is 181 Å². The van der Waals surface area contributed by atoms with Gasteiger partial charge in [0.2, 0.25) is 0 Å². The van der Waals surface area contributed by atoms with Crippen molar-refractivity contribution in [3.8, 4) is 0 Å². The molecule has 3 rings (SSSR count). The molecular formula is C22H24N2O2RuS. The fourth-order valence-corrected chi connectivity index (χ4v) is 3.87. The Balaban J connectivity index is 0.00000196. The molecule has 148 valence electrons. The molecule has 0 aliphatic heterocycles. The van der Waals surface area contributed by atoms with Crippen molar-refractivity contribution in [2.24, 2.45) is 0 Å². The van der Waals surface area contributed by atoms with Crippen LogP contribution in [-0.2, 0) is 29.5 Å². The first-order valence-corrected chi connectivity index (χ1v) is 9.76. The zero-order valence-electron chi connectivity index (χ0n) is 15.8. The van der Waals surface area contributed by atoms with Crippen LogP contribution in [0.5, 0.6) is 0 Å². The van der Waals surface area contributed by atoms with Crippen LogP contribution in [0.3, 0.4) is 0 Å². The van der Waals surface area contributed by atoms with Gasteiger partial charge in [-0.05, 0) is 19.1 Å². The van der Waals surface area contributed by atoms with Gasteiger partial charge in [-0.1, -0.05) is 89.5 Å². The van der Waals surface area contributed by atoms with Gasteiger partial charge in [-0.15, -0.1) is 12.1 Å². The predicted molar refractivity (Wildman–Crippen MR) is 112 cm³/mol. The first-order valence-electron chi connectivity index (χ1n) is 8.32. The standard InChI is InChI=1S/C21H20N2O2S.CH3.Ru.H/c1-16-12-14-19(15-13-16)26(24,25)23-21(18-10-6-3-7-11-18)20(22)17-8-4-2-5-9-17;;;/h2-15,20-22H,1H3;1H3;;/q-2;-1;+3;. The van der Waals surface area contributed by atoms with Gasteiger partial charge < -0.3 is 17.9 Å². The molecule has 2 unspecified atom stereocenters. The molecule has 0 saturated carbocycles. The van der Waals surface area contributed by atoms with Gasteiger partial charge in [-0.3, -0.25) is 0 Å². The summed E-state index contributed by atoms with van der Waals surface area (Å²) in [6, 6.07) is 23.3. The number of nitrogens with zero attached hydrogens (tertiary/aromatic N) is 1. The molecule has 6 heteroatoms. The van der Waals surface area contributed by atoms with Gasteiger partial charge in [0.25, 0.3) is 0 Å². The summed E-state index contributed by atoms with van der Waals surface area (Å²) in [5.74, 6) is 0. The van der Waals surface area contributed by atoms with Gasteiger partial charge in [0.15, 0.2) is 0 Å². The molecule has 0 aliphatic carbocycles. The van der Waals surface area contributed by atoms with Crippen molar-refractivity contribution in [3.05, 3.63) is 120 Å². The molecule has 0 heterocycles. The zero-order valence-corrected chi connectivity index (χ0v) is 18.5. The van der Waals surface area contributed by atoms with E-state index in [1.807, 2.05) is 67.6 Å². The minimum absolute atomic E-state index is 0. The number of aryl methyl sites for hydroxylation is 1. The summed E-state index contributed by atoms with van der Waals surface area (Å²) in [6.07, 6.45) is 0. The topological polar surface area (TPSA) is 72.0 Å². The molecule has 2 atom stereocenters. The molecule has 4 nitrogen and oxygen atoms in total. The van der Waals surface area contributed by atoms with Gasteiger partial charge in [0.1, 0.15) is 10.0 Å². The van der Waals surface area contributed by atoms with Gasteiger partial charge in [-0.25, -0.2) is 8.42 Å². The van der Waals surface area contributed by atoms with E-state index in [0.717, 1.165) is 11.1 Å².